The Morgan fingerprint density at radius 2 is 2.17 bits per heavy atom. The van der Waals surface area contributed by atoms with Crippen molar-refractivity contribution in [1.29, 1.82) is 0 Å². The largest absolute Gasteiger partial charge is 0.481 e. The van der Waals surface area contributed by atoms with E-state index in [1.165, 1.54) is 11.4 Å². The van der Waals surface area contributed by atoms with E-state index >= 15 is 0 Å². The molecule has 1 unspecified atom stereocenters. The van der Waals surface area contributed by atoms with Gasteiger partial charge in [0.2, 0.25) is 10.0 Å². The van der Waals surface area contributed by atoms with E-state index in [9.17, 15) is 13.2 Å². The molecule has 0 aromatic heterocycles. The van der Waals surface area contributed by atoms with E-state index in [0.29, 0.717) is 19.4 Å². The lowest BCUT2D eigenvalue weighted by Crippen LogP contribution is -2.52. The third-order valence-electron chi connectivity index (χ3n) is 3.48. The van der Waals surface area contributed by atoms with E-state index in [2.05, 4.69) is 0 Å². The van der Waals surface area contributed by atoms with Gasteiger partial charge in [-0.25, -0.2) is 8.42 Å². The van der Waals surface area contributed by atoms with Crippen LogP contribution in [0.3, 0.4) is 0 Å². The molecule has 1 aliphatic heterocycles. The van der Waals surface area contributed by atoms with Crippen molar-refractivity contribution in [2.45, 2.75) is 38.0 Å². The maximum Gasteiger partial charge on any atom is 0.308 e. The summed E-state index contributed by atoms with van der Waals surface area (Å²) in [6.07, 6.45) is 1.11. The topological polar surface area (TPSA) is 83.9 Å². The predicted molar refractivity (Wildman–Crippen MR) is 66.8 cm³/mol. The summed E-state index contributed by atoms with van der Waals surface area (Å²) in [7, 11) is -2.04. The zero-order valence-corrected chi connectivity index (χ0v) is 11.8. The van der Waals surface area contributed by atoms with Gasteiger partial charge >= 0.3 is 5.97 Å². The first-order valence-corrected chi connectivity index (χ1v) is 7.55. The van der Waals surface area contributed by atoms with Crippen molar-refractivity contribution in [1.82, 2.24) is 4.31 Å². The third kappa shape index (κ3) is 3.02. The molecule has 0 bridgehead atoms. The van der Waals surface area contributed by atoms with E-state index in [1.807, 2.05) is 0 Å². The number of rotatable bonds is 5. The molecule has 6 nitrogen and oxygen atoms in total. The maximum atomic E-state index is 12.3. The first kappa shape index (κ1) is 15.4. The SMILES string of the molecule is COCC(C)S(=O)(=O)N1CCC[C@H](C(=O)O)[C@@H]1C. The van der Waals surface area contributed by atoms with Crippen LogP contribution >= 0.6 is 0 Å². The Morgan fingerprint density at radius 3 is 2.67 bits per heavy atom. The zero-order valence-electron chi connectivity index (χ0n) is 11.0. The Labute approximate surface area is 108 Å². The van der Waals surface area contributed by atoms with Crippen LogP contribution in [-0.4, -0.2) is 55.4 Å². The van der Waals surface area contributed by atoms with Crippen molar-refractivity contribution in [2.24, 2.45) is 5.92 Å². The molecule has 0 aromatic carbocycles. The fourth-order valence-corrected chi connectivity index (χ4v) is 4.12. The van der Waals surface area contributed by atoms with Crippen LogP contribution in [-0.2, 0) is 19.6 Å². The Hall–Kier alpha value is -0.660. The van der Waals surface area contributed by atoms with Gasteiger partial charge in [0, 0.05) is 19.7 Å². The Morgan fingerprint density at radius 1 is 1.56 bits per heavy atom. The predicted octanol–water partition coefficient (Wildman–Crippen LogP) is 0.536. The van der Waals surface area contributed by atoms with Crippen LogP contribution in [0.5, 0.6) is 0 Å². The zero-order chi connectivity index (χ0) is 13.9. The Kier molecular flexibility index (Phi) is 5.12. The van der Waals surface area contributed by atoms with Gasteiger partial charge in [-0.1, -0.05) is 0 Å². The molecule has 1 N–H and O–H groups in total. The molecule has 0 aromatic rings. The Bertz CT molecular complexity index is 394. The van der Waals surface area contributed by atoms with Gasteiger partial charge in [-0.3, -0.25) is 4.79 Å². The summed E-state index contributed by atoms with van der Waals surface area (Å²) in [5.41, 5.74) is 0. The highest BCUT2D eigenvalue weighted by molar-refractivity contribution is 7.89. The smallest absolute Gasteiger partial charge is 0.308 e. The molecule has 0 saturated carbocycles. The molecule has 0 aliphatic carbocycles. The van der Waals surface area contributed by atoms with Crippen LogP contribution in [0, 0.1) is 5.92 Å². The summed E-state index contributed by atoms with van der Waals surface area (Å²) < 4.78 is 30.8. The highest BCUT2D eigenvalue weighted by Crippen LogP contribution is 2.27. The molecule has 1 heterocycles. The molecule has 1 fully saturated rings. The fourth-order valence-electron chi connectivity index (χ4n) is 2.35. The Balaban J connectivity index is 2.91. The number of carbonyl (C=O) groups is 1. The molecular formula is C11H21NO5S. The summed E-state index contributed by atoms with van der Waals surface area (Å²) in [5.74, 6) is -1.55. The molecule has 18 heavy (non-hydrogen) atoms. The highest BCUT2D eigenvalue weighted by atomic mass is 32.2. The molecule has 106 valence electrons. The summed E-state index contributed by atoms with van der Waals surface area (Å²) >= 11 is 0. The van der Waals surface area contributed by atoms with Crippen LogP contribution in [0.25, 0.3) is 0 Å². The van der Waals surface area contributed by atoms with Crippen LogP contribution in [0.15, 0.2) is 0 Å². The number of piperidine rings is 1. The summed E-state index contributed by atoms with van der Waals surface area (Å²) in [6, 6.07) is -0.499. The van der Waals surface area contributed by atoms with Crippen LogP contribution in [0.4, 0.5) is 0 Å². The van der Waals surface area contributed by atoms with Crippen molar-refractivity contribution in [3.05, 3.63) is 0 Å². The van der Waals surface area contributed by atoms with E-state index in [1.54, 1.807) is 13.8 Å². The number of ether oxygens (including phenoxy) is 1. The molecule has 0 amide bonds. The van der Waals surface area contributed by atoms with E-state index in [-0.39, 0.29) is 6.61 Å². The summed E-state index contributed by atoms with van der Waals surface area (Å²) in [4.78, 5) is 11.1. The minimum absolute atomic E-state index is 0.114. The third-order valence-corrected chi connectivity index (χ3v) is 5.81. The first-order valence-electron chi connectivity index (χ1n) is 6.04. The van der Waals surface area contributed by atoms with Gasteiger partial charge < -0.3 is 9.84 Å². The standard InChI is InChI=1S/C11H21NO5S/c1-8(7-17-3)18(15,16)12-6-4-5-10(9(12)2)11(13)14/h8-10H,4-7H2,1-3H3,(H,13,14)/t8?,9-,10-/m0/s1. The van der Waals surface area contributed by atoms with Gasteiger partial charge in [-0.2, -0.15) is 4.31 Å². The number of carboxylic acid groups (broad SMARTS) is 1. The minimum Gasteiger partial charge on any atom is -0.481 e. The highest BCUT2D eigenvalue weighted by Gasteiger charge is 2.40. The lowest BCUT2D eigenvalue weighted by Gasteiger charge is -2.37. The molecule has 0 spiro atoms. The van der Waals surface area contributed by atoms with Gasteiger partial charge in [0.05, 0.1) is 17.8 Å². The van der Waals surface area contributed by atoms with E-state index in [4.69, 9.17) is 9.84 Å². The van der Waals surface area contributed by atoms with Gasteiger partial charge in [0.1, 0.15) is 0 Å². The van der Waals surface area contributed by atoms with Crippen LogP contribution in [0.2, 0.25) is 0 Å². The summed E-state index contributed by atoms with van der Waals surface area (Å²) in [6.45, 7) is 3.75. The van der Waals surface area contributed by atoms with Crippen LogP contribution < -0.4 is 0 Å². The number of methoxy groups -OCH3 is 1. The van der Waals surface area contributed by atoms with Gasteiger partial charge in [-0.15, -0.1) is 0 Å². The first-order chi connectivity index (χ1) is 8.32. The van der Waals surface area contributed by atoms with Gasteiger partial charge in [-0.05, 0) is 26.7 Å². The van der Waals surface area contributed by atoms with E-state index in [0.717, 1.165) is 0 Å². The molecule has 1 rings (SSSR count). The lowest BCUT2D eigenvalue weighted by atomic mass is 9.92. The lowest BCUT2D eigenvalue weighted by molar-refractivity contribution is -0.144. The van der Waals surface area contributed by atoms with Crippen molar-refractivity contribution in [3.63, 3.8) is 0 Å². The minimum atomic E-state index is -3.49. The fraction of sp³-hybridized carbons (Fsp3) is 0.909. The molecule has 0 radical (unpaired) electrons. The van der Waals surface area contributed by atoms with Gasteiger partial charge in [0.25, 0.3) is 0 Å². The molecule has 3 atom stereocenters. The van der Waals surface area contributed by atoms with Crippen molar-refractivity contribution >= 4 is 16.0 Å². The molecular weight excluding hydrogens is 258 g/mol. The van der Waals surface area contributed by atoms with Crippen molar-refractivity contribution in [2.75, 3.05) is 20.3 Å². The monoisotopic (exact) mass is 279 g/mol. The average Bonchev–Trinajstić information content (AvgIpc) is 2.28. The van der Waals surface area contributed by atoms with Gasteiger partial charge in [0.15, 0.2) is 0 Å². The quantitative estimate of drug-likeness (QED) is 0.794. The number of hydrogen-bond donors (Lipinski definition) is 1. The average molecular weight is 279 g/mol. The van der Waals surface area contributed by atoms with Crippen LogP contribution in [0.1, 0.15) is 26.7 Å². The normalized spacial score (nSPS) is 27.9. The number of carboxylic acids is 1. The summed E-state index contributed by atoms with van der Waals surface area (Å²) in [5, 5.41) is 8.43. The van der Waals surface area contributed by atoms with Crippen molar-refractivity contribution in [3.8, 4) is 0 Å². The maximum absolute atomic E-state index is 12.3. The second-order valence-corrected chi connectivity index (χ2v) is 7.05. The molecule has 1 aliphatic rings. The molecule has 1 saturated heterocycles. The number of nitrogens with zero attached hydrogens (tertiary/aromatic N) is 1. The number of hydrogen-bond acceptors (Lipinski definition) is 4. The second kappa shape index (κ2) is 5.99. The van der Waals surface area contributed by atoms with Crippen molar-refractivity contribution < 1.29 is 23.1 Å². The number of sulfonamides is 1. The van der Waals surface area contributed by atoms with E-state index < -0.39 is 33.2 Å². The second-order valence-electron chi connectivity index (χ2n) is 4.75. The number of aliphatic carboxylic acids is 1. The molecule has 7 heteroatoms.